The third-order valence-corrected chi connectivity index (χ3v) is 5.67. The van der Waals surface area contributed by atoms with Crippen molar-refractivity contribution in [1.82, 2.24) is 5.32 Å². The number of nitrogens with zero attached hydrogens (tertiary/aromatic N) is 1. The first-order valence-electron chi connectivity index (χ1n) is 7.69. The summed E-state index contributed by atoms with van der Waals surface area (Å²) in [4.78, 5) is 24.0. The predicted octanol–water partition coefficient (Wildman–Crippen LogP) is 2.05. The lowest BCUT2D eigenvalue weighted by Crippen LogP contribution is -2.48. The molecule has 0 aromatic rings. The molecule has 4 bridgehead atoms. The average Bonchev–Trinajstić information content (AvgIpc) is 2.36. The zero-order chi connectivity index (χ0) is 14.3. The van der Waals surface area contributed by atoms with Gasteiger partial charge < -0.3 is 5.32 Å². The lowest BCUT2D eigenvalue weighted by atomic mass is 9.48. The Bertz CT molecular complexity index is 442. The molecule has 0 unspecified atom stereocenters. The SMILES string of the molecule is CNC(=O)[C@@H](C#N)C(=O)CC12CC3CC(CC(C3)C1)C2. The van der Waals surface area contributed by atoms with Gasteiger partial charge >= 0.3 is 0 Å². The van der Waals surface area contributed by atoms with Gasteiger partial charge in [-0.15, -0.1) is 0 Å². The number of nitriles is 1. The summed E-state index contributed by atoms with van der Waals surface area (Å²) in [5.41, 5.74) is 0.106. The highest BCUT2D eigenvalue weighted by atomic mass is 16.2. The maximum absolute atomic E-state index is 12.4. The summed E-state index contributed by atoms with van der Waals surface area (Å²) in [5.74, 6) is 0.614. The monoisotopic (exact) mass is 274 g/mol. The summed E-state index contributed by atoms with van der Waals surface area (Å²) in [6.45, 7) is 0. The smallest absolute Gasteiger partial charge is 0.244 e. The van der Waals surface area contributed by atoms with E-state index < -0.39 is 11.8 Å². The summed E-state index contributed by atoms with van der Waals surface area (Å²) < 4.78 is 0. The first-order chi connectivity index (χ1) is 9.55. The molecule has 1 N–H and O–H groups in total. The molecule has 4 rings (SSSR count). The average molecular weight is 274 g/mol. The quantitative estimate of drug-likeness (QED) is 0.798. The third kappa shape index (κ3) is 2.24. The van der Waals surface area contributed by atoms with Gasteiger partial charge in [0.15, 0.2) is 11.7 Å². The molecule has 4 nitrogen and oxygen atoms in total. The maximum Gasteiger partial charge on any atom is 0.244 e. The van der Waals surface area contributed by atoms with Crippen molar-refractivity contribution in [3.8, 4) is 6.07 Å². The molecule has 0 spiro atoms. The second kappa shape index (κ2) is 4.87. The van der Waals surface area contributed by atoms with Crippen molar-refractivity contribution in [2.24, 2.45) is 29.1 Å². The molecule has 1 amide bonds. The lowest BCUT2D eigenvalue weighted by molar-refractivity contribution is -0.136. The highest BCUT2D eigenvalue weighted by Crippen LogP contribution is 2.61. The molecule has 4 fully saturated rings. The highest BCUT2D eigenvalue weighted by Gasteiger charge is 2.52. The Balaban J connectivity index is 1.73. The van der Waals surface area contributed by atoms with Gasteiger partial charge in [-0.1, -0.05) is 0 Å². The Labute approximate surface area is 119 Å². The molecule has 4 aliphatic carbocycles. The number of amides is 1. The number of carbonyl (C=O) groups is 2. The van der Waals surface area contributed by atoms with E-state index in [1.54, 1.807) is 0 Å². The normalized spacial score (nSPS) is 39.1. The fourth-order valence-electron chi connectivity index (χ4n) is 5.40. The van der Waals surface area contributed by atoms with Crippen molar-refractivity contribution in [3.05, 3.63) is 0 Å². The summed E-state index contributed by atoms with van der Waals surface area (Å²) in [5, 5.41) is 11.5. The topological polar surface area (TPSA) is 70.0 Å². The number of hydrogen-bond donors (Lipinski definition) is 1. The van der Waals surface area contributed by atoms with Gasteiger partial charge in [0.1, 0.15) is 0 Å². The van der Waals surface area contributed by atoms with E-state index in [0.717, 1.165) is 37.0 Å². The second-order valence-corrected chi connectivity index (χ2v) is 7.24. The minimum Gasteiger partial charge on any atom is -0.358 e. The molecule has 4 aliphatic rings. The van der Waals surface area contributed by atoms with Crippen LogP contribution in [0.25, 0.3) is 0 Å². The molecular formula is C16H22N2O2. The van der Waals surface area contributed by atoms with Crippen molar-refractivity contribution in [3.63, 3.8) is 0 Å². The first kappa shape index (κ1) is 13.6. The van der Waals surface area contributed by atoms with Crippen molar-refractivity contribution in [2.75, 3.05) is 7.05 Å². The Morgan fingerprint density at radius 1 is 1.20 bits per heavy atom. The van der Waals surface area contributed by atoms with Gasteiger partial charge in [0.25, 0.3) is 0 Å². The number of ketones is 1. The minimum atomic E-state index is -1.12. The first-order valence-corrected chi connectivity index (χ1v) is 7.69. The van der Waals surface area contributed by atoms with Crippen molar-refractivity contribution in [1.29, 1.82) is 5.26 Å². The highest BCUT2D eigenvalue weighted by molar-refractivity contribution is 6.04. The molecule has 0 aromatic carbocycles. The van der Waals surface area contributed by atoms with E-state index in [9.17, 15) is 9.59 Å². The van der Waals surface area contributed by atoms with Crippen LogP contribution in [0, 0.1) is 40.4 Å². The summed E-state index contributed by atoms with van der Waals surface area (Å²) >= 11 is 0. The summed E-state index contributed by atoms with van der Waals surface area (Å²) in [7, 11) is 1.48. The largest absolute Gasteiger partial charge is 0.358 e. The molecule has 4 saturated carbocycles. The predicted molar refractivity (Wildman–Crippen MR) is 73.4 cm³/mol. The number of nitrogens with one attached hydrogen (secondary N) is 1. The van der Waals surface area contributed by atoms with Crippen LogP contribution in [0.3, 0.4) is 0 Å². The van der Waals surface area contributed by atoms with Gasteiger partial charge in [0.2, 0.25) is 5.91 Å². The zero-order valence-corrected chi connectivity index (χ0v) is 12.0. The van der Waals surface area contributed by atoms with Crippen LogP contribution in [-0.4, -0.2) is 18.7 Å². The molecule has 4 heteroatoms. The zero-order valence-electron chi connectivity index (χ0n) is 12.0. The van der Waals surface area contributed by atoms with E-state index in [-0.39, 0.29) is 11.2 Å². The number of Topliss-reactive ketones (excluding diaryl/α,β-unsaturated/α-hetero) is 1. The van der Waals surface area contributed by atoms with Crippen LogP contribution in [0.5, 0.6) is 0 Å². The van der Waals surface area contributed by atoms with Crippen LogP contribution in [0.1, 0.15) is 44.9 Å². The van der Waals surface area contributed by atoms with Crippen LogP contribution in [0.2, 0.25) is 0 Å². The van der Waals surface area contributed by atoms with Crippen LogP contribution in [-0.2, 0) is 9.59 Å². The minimum absolute atomic E-state index is 0.106. The van der Waals surface area contributed by atoms with E-state index in [2.05, 4.69) is 5.32 Å². The Morgan fingerprint density at radius 2 is 1.70 bits per heavy atom. The Morgan fingerprint density at radius 3 is 2.10 bits per heavy atom. The fourth-order valence-corrected chi connectivity index (χ4v) is 5.40. The Hall–Kier alpha value is -1.37. The van der Waals surface area contributed by atoms with E-state index in [0.29, 0.717) is 6.42 Å². The molecule has 0 aliphatic heterocycles. The van der Waals surface area contributed by atoms with Crippen LogP contribution < -0.4 is 5.32 Å². The number of hydrogen-bond acceptors (Lipinski definition) is 3. The van der Waals surface area contributed by atoms with Gasteiger partial charge in [-0.3, -0.25) is 9.59 Å². The number of carbonyl (C=O) groups excluding carboxylic acids is 2. The second-order valence-electron chi connectivity index (χ2n) is 7.24. The number of rotatable bonds is 4. The molecule has 20 heavy (non-hydrogen) atoms. The van der Waals surface area contributed by atoms with Gasteiger partial charge in [0.05, 0.1) is 6.07 Å². The van der Waals surface area contributed by atoms with E-state index in [1.165, 1.54) is 26.3 Å². The van der Waals surface area contributed by atoms with E-state index in [1.807, 2.05) is 6.07 Å². The molecule has 108 valence electrons. The standard InChI is InChI=1S/C16H22N2O2/c1-18-15(20)13(9-17)14(19)8-16-5-10-2-11(6-16)4-12(3-10)7-16/h10-13H,2-8H2,1H3,(H,18,20)/t10?,11?,12?,13-,16?/m0/s1. The summed E-state index contributed by atoms with van der Waals surface area (Å²) in [6, 6.07) is 1.87. The Kier molecular flexibility index (Phi) is 3.32. The molecular weight excluding hydrogens is 252 g/mol. The van der Waals surface area contributed by atoms with Crippen LogP contribution in [0.4, 0.5) is 0 Å². The van der Waals surface area contributed by atoms with E-state index >= 15 is 0 Å². The third-order valence-electron chi connectivity index (χ3n) is 5.67. The maximum atomic E-state index is 12.4. The van der Waals surface area contributed by atoms with Crippen LogP contribution >= 0.6 is 0 Å². The molecule has 0 aromatic heterocycles. The molecule has 0 saturated heterocycles. The van der Waals surface area contributed by atoms with Crippen LogP contribution in [0.15, 0.2) is 0 Å². The van der Waals surface area contributed by atoms with Crippen molar-refractivity contribution < 1.29 is 9.59 Å². The lowest BCUT2D eigenvalue weighted by Gasteiger charge is -2.56. The molecule has 0 radical (unpaired) electrons. The molecule has 1 atom stereocenters. The molecule has 0 heterocycles. The fraction of sp³-hybridized carbons (Fsp3) is 0.812. The van der Waals surface area contributed by atoms with Crippen molar-refractivity contribution >= 4 is 11.7 Å². The van der Waals surface area contributed by atoms with Crippen molar-refractivity contribution in [2.45, 2.75) is 44.9 Å². The van der Waals surface area contributed by atoms with Gasteiger partial charge in [-0.2, -0.15) is 5.26 Å². The van der Waals surface area contributed by atoms with E-state index in [4.69, 9.17) is 5.26 Å². The van der Waals surface area contributed by atoms with Gasteiger partial charge in [-0.25, -0.2) is 0 Å². The van der Waals surface area contributed by atoms with Gasteiger partial charge in [-0.05, 0) is 61.7 Å². The summed E-state index contributed by atoms with van der Waals surface area (Å²) in [6.07, 6.45) is 7.85. The van der Waals surface area contributed by atoms with Gasteiger partial charge in [0, 0.05) is 13.5 Å².